The van der Waals surface area contributed by atoms with Crippen molar-refractivity contribution in [3.8, 4) is 0 Å². The van der Waals surface area contributed by atoms with E-state index in [9.17, 15) is 4.39 Å². The number of rotatable bonds is 4. The molecule has 1 heterocycles. The Balaban J connectivity index is 2.83. The summed E-state index contributed by atoms with van der Waals surface area (Å²) in [7, 11) is 0. The molecule has 2 N–H and O–H groups in total. The Labute approximate surface area is 76.6 Å². The molecule has 0 atom stereocenters. The quantitative estimate of drug-likeness (QED) is 0.696. The fourth-order valence-electron chi connectivity index (χ4n) is 0.926. The molecule has 0 spiro atoms. The zero-order chi connectivity index (χ0) is 9.68. The Morgan fingerprint density at radius 1 is 1.23 bits per heavy atom. The third-order valence-electron chi connectivity index (χ3n) is 1.39. The van der Waals surface area contributed by atoms with E-state index in [1.807, 2.05) is 13.8 Å². The van der Waals surface area contributed by atoms with Gasteiger partial charge in [-0.3, -0.25) is 0 Å². The van der Waals surface area contributed by atoms with Gasteiger partial charge in [0, 0.05) is 19.2 Å². The van der Waals surface area contributed by atoms with Gasteiger partial charge < -0.3 is 10.6 Å². The number of nitrogens with zero attached hydrogens (tertiary/aromatic N) is 2. The van der Waals surface area contributed by atoms with E-state index in [-0.39, 0.29) is 0 Å². The Bertz CT molecular complexity index is 253. The van der Waals surface area contributed by atoms with E-state index in [2.05, 4.69) is 20.6 Å². The van der Waals surface area contributed by atoms with E-state index < -0.39 is 5.95 Å². The van der Waals surface area contributed by atoms with Crippen molar-refractivity contribution in [1.82, 2.24) is 9.97 Å². The smallest absolute Gasteiger partial charge is 0.227 e. The topological polar surface area (TPSA) is 49.8 Å². The average molecular weight is 184 g/mol. The molecule has 72 valence electrons. The number of nitrogens with one attached hydrogen (secondary N) is 2. The first-order valence-corrected chi connectivity index (χ1v) is 4.28. The molecule has 13 heavy (non-hydrogen) atoms. The van der Waals surface area contributed by atoms with E-state index in [0.29, 0.717) is 24.9 Å². The lowest BCUT2D eigenvalue weighted by atomic mass is 10.5. The summed E-state index contributed by atoms with van der Waals surface area (Å²) in [6.07, 6.45) is 0. The van der Waals surface area contributed by atoms with Gasteiger partial charge in [-0.1, -0.05) is 0 Å². The maximum absolute atomic E-state index is 12.8. The van der Waals surface area contributed by atoms with Gasteiger partial charge in [-0.15, -0.1) is 0 Å². The van der Waals surface area contributed by atoms with E-state index in [4.69, 9.17) is 0 Å². The third kappa shape index (κ3) is 2.85. The summed E-state index contributed by atoms with van der Waals surface area (Å²) >= 11 is 0. The molecule has 1 aromatic heterocycles. The zero-order valence-electron chi connectivity index (χ0n) is 7.76. The van der Waals surface area contributed by atoms with Gasteiger partial charge in [0.2, 0.25) is 11.9 Å². The molecule has 0 aliphatic heterocycles. The second kappa shape index (κ2) is 4.59. The van der Waals surface area contributed by atoms with E-state index in [1.54, 1.807) is 0 Å². The molecule has 0 unspecified atom stereocenters. The van der Waals surface area contributed by atoms with Gasteiger partial charge >= 0.3 is 0 Å². The molecule has 1 aromatic rings. The van der Waals surface area contributed by atoms with Gasteiger partial charge in [-0.2, -0.15) is 14.4 Å². The molecule has 0 fully saturated rings. The third-order valence-corrected chi connectivity index (χ3v) is 1.39. The van der Waals surface area contributed by atoms with Crippen molar-refractivity contribution in [3.63, 3.8) is 0 Å². The number of anilines is 2. The molecular weight excluding hydrogens is 171 g/mol. The second-order valence-corrected chi connectivity index (χ2v) is 2.46. The first-order chi connectivity index (χ1) is 6.26. The fraction of sp³-hybridized carbons (Fsp3) is 0.500. The van der Waals surface area contributed by atoms with Gasteiger partial charge in [0.25, 0.3) is 0 Å². The van der Waals surface area contributed by atoms with Crippen molar-refractivity contribution in [1.29, 1.82) is 0 Å². The number of hydrogen-bond donors (Lipinski definition) is 2. The summed E-state index contributed by atoms with van der Waals surface area (Å²) in [5.74, 6) is 0.298. The van der Waals surface area contributed by atoms with Gasteiger partial charge in [0.15, 0.2) is 0 Å². The molecule has 0 aliphatic carbocycles. The maximum Gasteiger partial charge on any atom is 0.227 e. The monoisotopic (exact) mass is 184 g/mol. The van der Waals surface area contributed by atoms with Crippen molar-refractivity contribution in [3.05, 3.63) is 12.0 Å². The van der Waals surface area contributed by atoms with Gasteiger partial charge in [0.05, 0.1) is 0 Å². The predicted octanol–water partition coefficient (Wildman–Crippen LogP) is 1.48. The summed E-state index contributed by atoms with van der Waals surface area (Å²) in [5.41, 5.74) is 0. The largest absolute Gasteiger partial charge is 0.370 e. The van der Waals surface area contributed by atoms with Crippen LogP contribution in [0.1, 0.15) is 13.8 Å². The van der Waals surface area contributed by atoms with E-state index in [1.165, 1.54) is 6.07 Å². The first kappa shape index (κ1) is 9.70. The Morgan fingerprint density at radius 3 is 2.54 bits per heavy atom. The lowest BCUT2D eigenvalue weighted by molar-refractivity contribution is 0.582. The molecule has 0 saturated heterocycles. The molecule has 4 nitrogen and oxygen atoms in total. The molecule has 0 saturated carbocycles. The maximum atomic E-state index is 12.8. The van der Waals surface area contributed by atoms with Crippen LogP contribution in [-0.4, -0.2) is 23.1 Å². The van der Waals surface area contributed by atoms with Crippen LogP contribution in [0.5, 0.6) is 0 Å². The second-order valence-electron chi connectivity index (χ2n) is 2.46. The minimum atomic E-state index is -0.526. The molecular formula is C8H13FN4. The van der Waals surface area contributed by atoms with Crippen molar-refractivity contribution < 1.29 is 4.39 Å². The van der Waals surface area contributed by atoms with Crippen LogP contribution >= 0.6 is 0 Å². The fourth-order valence-corrected chi connectivity index (χ4v) is 0.926. The summed E-state index contributed by atoms with van der Waals surface area (Å²) in [4.78, 5) is 7.62. The van der Waals surface area contributed by atoms with E-state index in [0.717, 1.165) is 0 Å². The van der Waals surface area contributed by atoms with Crippen LogP contribution < -0.4 is 10.6 Å². The standard InChI is InChI=1S/C8H13FN4/c1-3-10-7-5-6(9)12-8(13-7)11-4-2/h5H,3-4H2,1-2H3,(H2,10,11,12,13). The lowest BCUT2D eigenvalue weighted by Gasteiger charge is -2.05. The number of halogens is 1. The van der Waals surface area contributed by atoms with Crippen LogP contribution in [0.4, 0.5) is 16.2 Å². The van der Waals surface area contributed by atoms with Crippen LogP contribution in [0.3, 0.4) is 0 Å². The minimum Gasteiger partial charge on any atom is -0.370 e. The Kier molecular flexibility index (Phi) is 3.42. The van der Waals surface area contributed by atoms with Crippen molar-refractivity contribution in [2.24, 2.45) is 0 Å². The zero-order valence-corrected chi connectivity index (χ0v) is 7.76. The van der Waals surface area contributed by atoms with Crippen molar-refractivity contribution in [2.45, 2.75) is 13.8 Å². The van der Waals surface area contributed by atoms with Crippen molar-refractivity contribution in [2.75, 3.05) is 23.7 Å². The Morgan fingerprint density at radius 2 is 1.92 bits per heavy atom. The highest BCUT2D eigenvalue weighted by atomic mass is 19.1. The average Bonchev–Trinajstić information content (AvgIpc) is 2.04. The highest BCUT2D eigenvalue weighted by Gasteiger charge is 2.01. The van der Waals surface area contributed by atoms with E-state index >= 15 is 0 Å². The lowest BCUT2D eigenvalue weighted by Crippen LogP contribution is -2.07. The first-order valence-electron chi connectivity index (χ1n) is 4.28. The molecule has 0 aromatic carbocycles. The molecule has 0 aliphatic rings. The SMILES string of the molecule is CCNc1cc(F)nc(NCC)n1. The molecule has 0 amide bonds. The van der Waals surface area contributed by atoms with Crippen LogP contribution in [0, 0.1) is 5.95 Å². The molecule has 1 rings (SSSR count). The summed E-state index contributed by atoms with van der Waals surface area (Å²) in [6, 6.07) is 1.27. The highest BCUT2D eigenvalue weighted by molar-refractivity contribution is 5.39. The minimum absolute atomic E-state index is 0.318. The van der Waals surface area contributed by atoms with Crippen LogP contribution in [0.25, 0.3) is 0 Å². The highest BCUT2D eigenvalue weighted by Crippen LogP contribution is 2.08. The summed E-state index contributed by atoms with van der Waals surface area (Å²) in [6.45, 7) is 5.21. The summed E-state index contributed by atoms with van der Waals surface area (Å²) in [5, 5.41) is 5.76. The predicted molar refractivity (Wildman–Crippen MR) is 50.3 cm³/mol. The molecule has 5 heteroatoms. The Hall–Kier alpha value is -1.39. The summed E-state index contributed by atoms with van der Waals surface area (Å²) < 4.78 is 12.8. The number of aromatic nitrogens is 2. The van der Waals surface area contributed by atoms with Crippen LogP contribution in [0.2, 0.25) is 0 Å². The van der Waals surface area contributed by atoms with Gasteiger partial charge in [0.1, 0.15) is 5.82 Å². The number of hydrogen-bond acceptors (Lipinski definition) is 4. The van der Waals surface area contributed by atoms with Crippen molar-refractivity contribution >= 4 is 11.8 Å². The normalized spacial score (nSPS) is 9.77. The van der Waals surface area contributed by atoms with Crippen LogP contribution in [-0.2, 0) is 0 Å². The molecule has 0 radical (unpaired) electrons. The van der Waals surface area contributed by atoms with Gasteiger partial charge in [-0.05, 0) is 13.8 Å². The van der Waals surface area contributed by atoms with Gasteiger partial charge in [-0.25, -0.2) is 0 Å². The van der Waals surface area contributed by atoms with Crippen LogP contribution in [0.15, 0.2) is 6.07 Å². The molecule has 0 bridgehead atoms.